The lowest BCUT2D eigenvalue weighted by atomic mass is 9.95. The Hall–Kier alpha value is -2.76. The van der Waals surface area contributed by atoms with Gasteiger partial charge < -0.3 is 0 Å². The van der Waals surface area contributed by atoms with E-state index in [2.05, 4.69) is 48.2 Å². The number of para-hydroxylation sites is 1. The number of hydrazone groups is 1. The molecule has 6 heteroatoms. The van der Waals surface area contributed by atoms with Crippen molar-refractivity contribution in [2.24, 2.45) is 10.1 Å². The zero-order valence-corrected chi connectivity index (χ0v) is 17.4. The number of nitrogens with zero attached hydrogens (tertiary/aromatic N) is 4. The van der Waals surface area contributed by atoms with Crippen LogP contribution in [0.25, 0.3) is 0 Å². The van der Waals surface area contributed by atoms with E-state index in [-0.39, 0.29) is 6.04 Å². The summed E-state index contributed by atoms with van der Waals surface area (Å²) in [5.41, 5.74) is 4.20. The summed E-state index contributed by atoms with van der Waals surface area (Å²) < 4.78 is 0. The Bertz CT molecular complexity index is 1100. The summed E-state index contributed by atoms with van der Waals surface area (Å²) in [5, 5.41) is 8.67. The summed E-state index contributed by atoms with van der Waals surface area (Å²) in [4.78, 5) is 7.14. The number of thioether (sulfide) groups is 1. The van der Waals surface area contributed by atoms with Crippen molar-refractivity contribution < 1.29 is 0 Å². The highest BCUT2D eigenvalue weighted by atomic mass is 35.5. The zero-order valence-electron chi connectivity index (χ0n) is 15.9. The molecule has 4 nitrogen and oxygen atoms in total. The third kappa shape index (κ3) is 3.20. The monoisotopic (exact) mass is 418 g/mol. The number of fused-ring (bicyclic) bond motifs is 2. The van der Waals surface area contributed by atoms with Crippen LogP contribution in [0, 0.1) is 0 Å². The first kappa shape index (κ1) is 18.3. The van der Waals surface area contributed by atoms with Crippen LogP contribution in [0.3, 0.4) is 0 Å². The quantitative estimate of drug-likeness (QED) is 0.501. The number of aliphatic imine (C=N–C) groups is 1. The van der Waals surface area contributed by atoms with Crippen LogP contribution in [-0.2, 0) is 0 Å². The van der Waals surface area contributed by atoms with Crippen molar-refractivity contribution in [1.82, 2.24) is 5.01 Å². The molecular weight excluding hydrogens is 400 g/mol. The van der Waals surface area contributed by atoms with Crippen LogP contribution >= 0.6 is 23.4 Å². The van der Waals surface area contributed by atoms with E-state index in [4.69, 9.17) is 21.7 Å². The van der Waals surface area contributed by atoms with Crippen molar-refractivity contribution in [3.05, 3.63) is 95.0 Å². The maximum absolute atomic E-state index is 6.36. The number of halogens is 1. The Labute approximate surface area is 179 Å². The van der Waals surface area contributed by atoms with E-state index in [1.807, 2.05) is 47.5 Å². The Morgan fingerprint density at radius 2 is 1.69 bits per heavy atom. The molecule has 0 fully saturated rings. The fraction of sp³-hybridized carbons (Fsp3) is 0.130. The van der Waals surface area contributed by atoms with Gasteiger partial charge in [0, 0.05) is 10.6 Å². The molecule has 3 aromatic rings. The predicted molar refractivity (Wildman–Crippen MR) is 123 cm³/mol. The molecule has 1 unspecified atom stereocenters. The van der Waals surface area contributed by atoms with Crippen LogP contribution in [0.1, 0.15) is 24.1 Å². The highest BCUT2D eigenvalue weighted by Crippen LogP contribution is 2.44. The van der Waals surface area contributed by atoms with Gasteiger partial charge in [0.05, 0.1) is 11.4 Å². The van der Waals surface area contributed by atoms with Gasteiger partial charge in [-0.15, -0.1) is 5.10 Å². The van der Waals surface area contributed by atoms with Crippen molar-refractivity contribution in [3.63, 3.8) is 0 Å². The molecule has 5 rings (SSSR count). The minimum absolute atomic E-state index is 0.0847. The second-order valence-electron chi connectivity index (χ2n) is 6.76. The molecule has 2 heterocycles. The topological polar surface area (TPSA) is 31.2 Å². The normalized spacial score (nSPS) is 17.5. The van der Waals surface area contributed by atoms with Gasteiger partial charge >= 0.3 is 0 Å². The van der Waals surface area contributed by atoms with Gasteiger partial charge in [0.1, 0.15) is 6.04 Å². The second kappa shape index (κ2) is 7.58. The van der Waals surface area contributed by atoms with E-state index >= 15 is 0 Å². The van der Waals surface area contributed by atoms with Gasteiger partial charge in [0.15, 0.2) is 5.17 Å². The second-order valence-corrected chi connectivity index (χ2v) is 8.43. The third-order valence-corrected chi connectivity index (χ3v) is 5.99. The van der Waals surface area contributed by atoms with Gasteiger partial charge in [-0.1, -0.05) is 78.8 Å². The summed E-state index contributed by atoms with van der Waals surface area (Å²) in [7, 11) is 0. The highest BCUT2D eigenvalue weighted by molar-refractivity contribution is 8.14. The highest BCUT2D eigenvalue weighted by Gasteiger charge is 2.41. The number of guanidine groups is 1. The maximum Gasteiger partial charge on any atom is 0.234 e. The van der Waals surface area contributed by atoms with Crippen molar-refractivity contribution in [1.29, 1.82) is 0 Å². The van der Waals surface area contributed by atoms with E-state index < -0.39 is 0 Å². The van der Waals surface area contributed by atoms with Gasteiger partial charge in [-0.05, 0) is 41.6 Å². The SMILES string of the molecule is CCSC1=NN2C(=Nc3ccc(Cl)cc3C2c2ccccc2)N1c1ccccc1. The molecule has 2 aliphatic rings. The van der Waals surface area contributed by atoms with Gasteiger partial charge in [-0.25, -0.2) is 10.0 Å². The third-order valence-electron chi connectivity index (χ3n) is 4.94. The van der Waals surface area contributed by atoms with Gasteiger partial charge in [0.25, 0.3) is 0 Å². The molecule has 0 spiro atoms. The van der Waals surface area contributed by atoms with Crippen LogP contribution < -0.4 is 4.90 Å². The molecule has 1 atom stereocenters. The Balaban J connectivity index is 1.72. The number of hydrogen-bond donors (Lipinski definition) is 0. The maximum atomic E-state index is 6.36. The lowest BCUT2D eigenvalue weighted by Gasteiger charge is -2.33. The molecule has 2 aliphatic heterocycles. The molecule has 3 aromatic carbocycles. The van der Waals surface area contributed by atoms with Crippen molar-refractivity contribution in [3.8, 4) is 0 Å². The van der Waals surface area contributed by atoms with Crippen molar-refractivity contribution in [2.75, 3.05) is 10.7 Å². The first-order valence-corrected chi connectivity index (χ1v) is 10.9. The average Bonchev–Trinajstić information content (AvgIpc) is 3.11. The van der Waals surface area contributed by atoms with E-state index in [1.54, 1.807) is 11.8 Å². The number of hydrogen-bond acceptors (Lipinski definition) is 5. The number of rotatable bonds is 3. The number of amidine groups is 1. The van der Waals surface area contributed by atoms with E-state index in [0.29, 0.717) is 5.02 Å². The molecule has 0 amide bonds. The van der Waals surface area contributed by atoms with Gasteiger partial charge in [0.2, 0.25) is 5.96 Å². The first-order valence-electron chi connectivity index (χ1n) is 9.55. The lowest BCUT2D eigenvalue weighted by molar-refractivity contribution is 0.378. The Morgan fingerprint density at radius 3 is 2.41 bits per heavy atom. The fourth-order valence-corrected chi connectivity index (χ4v) is 4.61. The lowest BCUT2D eigenvalue weighted by Crippen LogP contribution is -2.40. The molecule has 0 saturated heterocycles. The number of benzene rings is 3. The van der Waals surface area contributed by atoms with Crippen molar-refractivity contribution in [2.45, 2.75) is 13.0 Å². The van der Waals surface area contributed by atoms with Crippen LogP contribution in [0.4, 0.5) is 11.4 Å². The molecular formula is C23H19ClN4S. The van der Waals surface area contributed by atoms with Crippen LogP contribution in [0.2, 0.25) is 5.02 Å². The summed E-state index contributed by atoms with van der Waals surface area (Å²) in [6.45, 7) is 2.14. The van der Waals surface area contributed by atoms with Gasteiger partial charge in [-0.2, -0.15) is 0 Å². The zero-order chi connectivity index (χ0) is 19.8. The van der Waals surface area contributed by atoms with E-state index in [9.17, 15) is 0 Å². The van der Waals surface area contributed by atoms with E-state index in [1.165, 1.54) is 0 Å². The molecule has 0 saturated carbocycles. The largest absolute Gasteiger partial charge is 0.256 e. The molecule has 0 radical (unpaired) electrons. The van der Waals surface area contributed by atoms with Gasteiger partial charge in [-0.3, -0.25) is 4.90 Å². The summed E-state index contributed by atoms with van der Waals surface area (Å²) in [6, 6.07) is 26.5. The minimum Gasteiger partial charge on any atom is -0.256 e. The summed E-state index contributed by atoms with van der Waals surface area (Å²) in [5.74, 6) is 1.74. The predicted octanol–water partition coefficient (Wildman–Crippen LogP) is 6.28. The molecule has 0 bridgehead atoms. The molecule has 29 heavy (non-hydrogen) atoms. The summed E-state index contributed by atoms with van der Waals surface area (Å²) in [6.07, 6.45) is 0. The Morgan fingerprint density at radius 1 is 0.966 bits per heavy atom. The average molecular weight is 419 g/mol. The Kier molecular flexibility index (Phi) is 4.78. The summed E-state index contributed by atoms with van der Waals surface area (Å²) >= 11 is 8.07. The van der Waals surface area contributed by atoms with E-state index in [0.717, 1.165) is 39.4 Å². The smallest absolute Gasteiger partial charge is 0.234 e. The molecule has 144 valence electrons. The first-order chi connectivity index (χ1) is 14.3. The number of anilines is 1. The van der Waals surface area contributed by atoms with Crippen LogP contribution in [0.5, 0.6) is 0 Å². The van der Waals surface area contributed by atoms with Crippen LogP contribution in [-0.4, -0.2) is 21.9 Å². The van der Waals surface area contributed by atoms with Crippen molar-refractivity contribution >= 4 is 45.9 Å². The molecule has 0 aromatic heterocycles. The molecule has 0 N–H and O–H groups in total. The fourth-order valence-electron chi connectivity index (χ4n) is 3.71. The standard InChI is InChI=1S/C23H19ClN4S/c1-2-29-23-26-28-21(16-9-5-3-6-10-16)19-15-17(24)13-14-20(19)25-22(28)27(23)18-11-7-4-8-12-18/h3-15,21H,2H2,1H3. The van der Waals surface area contributed by atoms with Crippen LogP contribution in [0.15, 0.2) is 89.0 Å². The minimum atomic E-state index is -0.0847. The molecule has 0 aliphatic carbocycles.